The molecule has 10 nitrogen and oxygen atoms in total. The topological polar surface area (TPSA) is 119 Å². The number of aryl methyl sites for hydroxylation is 1. The molecule has 0 N–H and O–H groups in total. The van der Waals surface area contributed by atoms with Crippen LogP contribution in [-0.4, -0.2) is 35.9 Å². The molecule has 3 atom stereocenters. The van der Waals surface area contributed by atoms with Crippen LogP contribution < -0.4 is 9.96 Å². The summed E-state index contributed by atoms with van der Waals surface area (Å²) in [7, 11) is 1.28. The smallest absolute Gasteiger partial charge is 0.341 e. The summed E-state index contributed by atoms with van der Waals surface area (Å²) in [6, 6.07) is 14.2. The Morgan fingerprint density at radius 2 is 1.84 bits per heavy atom. The summed E-state index contributed by atoms with van der Waals surface area (Å²) in [6.07, 6.45) is 2.15. The zero-order valence-corrected chi connectivity index (χ0v) is 21.2. The average Bonchev–Trinajstić information content (AvgIpc) is 3.59. The minimum Gasteiger partial charge on any atom is -0.465 e. The van der Waals surface area contributed by atoms with Gasteiger partial charge in [-0.1, -0.05) is 30.3 Å². The molecule has 3 heterocycles. The number of carbonyl (C=O) groups is 3. The minimum atomic E-state index is -1.16. The van der Waals surface area contributed by atoms with Crippen LogP contribution in [0.1, 0.15) is 45.2 Å². The number of anilines is 2. The molecule has 1 aliphatic carbocycles. The van der Waals surface area contributed by atoms with Gasteiger partial charge in [0, 0.05) is 17.0 Å². The highest BCUT2D eigenvalue weighted by Gasteiger charge is 2.61. The number of nitro groups is 1. The van der Waals surface area contributed by atoms with Crippen molar-refractivity contribution in [2.24, 2.45) is 5.92 Å². The van der Waals surface area contributed by atoms with Crippen LogP contribution in [0.5, 0.6) is 0 Å². The first-order valence-corrected chi connectivity index (χ1v) is 13.1. The van der Waals surface area contributed by atoms with Crippen molar-refractivity contribution in [2.45, 2.75) is 37.8 Å². The van der Waals surface area contributed by atoms with Gasteiger partial charge in [0.15, 0.2) is 6.10 Å². The first kappa shape index (κ1) is 24.3. The van der Waals surface area contributed by atoms with Crippen LogP contribution in [0, 0.1) is 16.0 Å². The average molecular weight is 534 g/mol. The largest absolute Gasteiger partial charge is 0.465 e. The standard InChI is InChI=1S/C27H23N3O7S/c1-36-27(33)20-18-12-5-6-13-19(18)38-26(20)28-24(31)21-22(15-8-7-11-17(14-15)30(34)35)29(37-23(21)25(28)32)16-9-3-2-4-10-16/h2-4,7-11,14,21-23H,5-6,12-13H2,1H3/t21-,22-,23-/m1/s1. The summed E-state index contributed by atoms with van der Waals surface area (Å²) in [6.45, 7) is 0. The van der Waals surface area contributed by atoms with Crippen molar-refractivity contribution >= 4 is 45.5 Å². The van der Waals surface area contributed by atoms with Crippen molar-refractivity contribution in [3.05, 3.63) is 86.3 Å². The van der Waals surface area contributed by atoms with Crippen LogP contribution in [0.2, 0.25) is 0 Å². The van der Waals surface area contributed by atoms with Gasteiger partial charge in [0.05, 0.1) is 29.3 Å². The van der Waals surface area contributed by atoms with E-state index >= 15 is 0 Å². The summed E-state index contributed by atoms with van der Waals surface area (Å²) in [5.74, 6) is -2.65. The molecule has 38 heavy (non-hydrogen) atoms. The number of non-ortho nitro benzene ring substituents is 1. The Morgan fingerprint density at radius 1 is 1.08 bits per heavy atom. The number of hydrogen-bond donors (Lipinski definition) is 0. The summed E-state index contributed by atoms with van der Waals surface area (Å²) in [5.41, 5.74) is 2.04. The van der Waals surface area contributed by atoms with Crippen molar-refractivity contribution in [2.75, 3.05) is 17.1 Å². The van der Waals surface area contributed by atoms with E-state index < -0.39 is 40.8 Å². The van der Waals surface area contributed by atoms with Gasteiger partial charge in [0.2, 0.25) is 5.91 Å². The zero-order chi connectivity index (χ0) is 26.6. The first-order valence-electron chi connectivity index (χ1n) is 12.3. The van der Waals surface area contributed by atoms with Crippen LogP contribution >= 0.6 is 11.3 Å². The number of thiophene rings is 1. The lowest BCUT2D eigenvalue weighted by atomic mass is 9.90. The van der Waals surface area contributed by atoms with Crippen molar-refractivity contribution < 1.29 is 28.9 Å². The Kier molecular flexibility index (Phi) is 5.96. The van der Waals surface area contributed by atoms with E-state index in [1.807, 2.05) is 6.07 Å². The lowest BCUT2D eigenvalue weighted by Crippen LogP contribution is -2.37. The van der Waals surface area contributed by atoms with Crippen LogP contribution in [0.15, 0.2) is 54.6 Å². The molecule has 2 fully saturated rings. The van der Waals surface area contributed by atoms with E-state index in [-0.39, 0.29) is 16.3 Å². The molecule has 1 aromatic heterocycles. The zero-order valence-electron chi connectivity index (χ0n) is 20.4. The van der Waals surface area contributed by atoms with Gasteiger partial charge in [-0.2, -0.15) is 0 Å². The Labute approximate surface area is 221 Å². The predicted molar refractivity (Wildman–Crippen MR) is 138 cm³/mol. The van der Waals surface area contributed by atoms with E-state index in [0.717, 1.165) is 34.6 Å². The fourth-order valence-corrected chi connectivity index (χ4v) is 6.98. The Hall–Kier alpha value is -4.09. The highest BCUT2D eigenvalue weighted by molar-refractivity contribution is 7.17. The van der Waals surface area contributed by atoms with Gasteiger partial charge in [-0.25, -0.2) is 14.8 Å². The second-order valence-corrected chi connectivity index (χ2v) is 10.5. The van der Waals surface area contributed by atoms with Crippen LogP contribution in [0.4, 0.5) is 16.4 Å². The van der Waals surface area contributed by atoms with Gasteiger partial charge in [0.1, 0.15) is 10.9 Å². The first-order chi connectivity index (χ1) is 18.4. The van der Waals surface area contributed by atoms with E-state index in [0.29, 0.717) is 17.7 Å². The van der Waals surface area contributed by atoms with Gasteiger partial charge in [-0.05, 0) is 48.9 Å². The number of fused-ring (bicyclic) bond motifs is 2. The predicted octanol–water partition coefficient (Wildman–Crippen LogP) is 4.37. The molecule has 0 saturated carbocycles. The molecule has 2 amide bonds. The molecule has 194 valence electrons. The van der Waals surface area contributed by atoms with Gasteiger partial charge < -0.3 is 4.74 Å². The van der Waals surface area contributed by atoms with Crippen molar-refractivity contribution in [1.29, 1.82) is 0 Å². The number of ether oxygens (including phenoxy) is 1. The number of imide groups is 1. The Balaban J connectivity index is 1.46. The SMILES string of the molecule is COC(=O)c1c(N2C(=O)[C@@H]3[C@@H](c4cccc([N+](=O)[O-])c4)N(c4ccccc4)O[C@H]3C2=O)sc2c1CCCC2. The molecular weight excluding hydrogens is 510 g/mol. The summed E-state index contributed by atoms with van der Waals surface area (Å²) in [4.78, 5) is 59.9. The van der Waals surface area contributed by atoms with Gasteiger partial charge in [0.25, 0.3) is 11.6 Å². The second-order valence-electron chi connectivity index (χ2n) is 9.40. The second kappa shape index (κ2) is 9.34. The van der Waals surface area contributed by atoms with Crippen molar-refractivity contribution in [1.82, 2.24) is 0 Å². The highest BCUT2D eigenvalue weighted by Crippen LogP contribution is 2.50. The molecule has 0 spiro atoms. The Morgan fingerprint density at radius 3 is 2.58 bits per heavy atom. The monoisotopic (exact) mass is 533 g/mol. The van der Waals surface area contributed by atoms with E-state index in [1.54, 1.807) is 36.4 Å². The number of para-hydroxylation sites is 1. The molecule has 2 aromatic carbocycles. The molecule has 6 rings (SSSR count). The molecule has 3 aromatic rings. The van der Waals surface area contributed by atoms with Gasteiger partial charge in [-0.15, -0.1) is 11.3 Å². The molecule has 2 saturated heterocycles. The van der Waals surface area contributed by atoms with Crippen LogP contribution in [-0.2, 0) is 32.0 Å². The fraction of sp³-hybridized carbons (Fsp3) is 0.296. The third-order valence-electron chi connectivity index (χ3n) is 7.29. The maximum absolute atomic E-state index is 14.1. The lowest BCUT2D eigenvalue weighted by molar-refractivity contribution is -0.384. The number of nitro benzene ring substituents is 1. The normalized spacial score (nSPS) is 22.4. The van der Waals surface area contributed by atoms with Crippen LogP contribution in [0.3, 0.4) is 0 Å². The van der Waals surface area contributed by atoms with E-state index in [4.69, 9.17) is 9.57 Å². The van der Waals surface area contributed by atoms with Gasteiger partial charge in [-0.3, -0.25) is 24.5 Å². The number of methoxy groups -OCH3 is 1. The molecule has 3 aliphatic rings. The number of esters is 1. The molecule has 0 bridgehead atoms. The van der Waals surface area contributed by atoms with E-state index in [9.17, 15) is 24.5 Å². The summed E-state index contributed by atoms with van der Waals surface area (Å²) in [5, 5.41) is 13.3. The minimum absolute atomic E-state index is 0.133. The molecular formula is C27H23N3O7S. The number of amides is 2. The van der Waals surface area contributed by atoms with E-state index in [1.165, 1.54) is 35.6 Å². The highest BCUT2D eigenvalue weighted by atomic mass is 32.1. The number of rotatable bonds is 5. The fourth-order valence-electron chi connectivity index (χ4n) is 5.60. The summed E-state index contributed by atoms with van der Waals surface area (Å²) < 4.78 is 5.04. The number of nitrogens with zero attached hydrogens (tertiary/aromatic N) is 3. The number of carbonyl (C=O) groups excluding carboxylic acids is 3. The third kappa shape index (κ3) is 3.69. The number of benzene rings is 2. The third-order valence-corrected chi connectivity index (χ3v) is 8.57. The van der Waals surface area contributed by atoms with E-state index in [2.05, 4.69) is 0 Å². The lowest BCUT2D eigenvalue weighted by Gasteiger charge is -2.28. The number of hydrogen-bond acceptors (Lipinski definition) is 9. The summed E-state index contributed by atoms with van der Waals surface area (Å²) >= 11 is 1.27. The van der Waals surface area contributed by atoms with Crippen molar-refractivity contribution in [3.63, 3.8) is 0 Å². The van der Waals surface area contributed by atoms with Crippen molar-refractivity contribution in [3.8, 4) is 0 Å². The maximum atomic E-state index is 14.1. The van der Waals surface area contributed by atoms with Gasteiger partial charge >= 0.3 is 5.97 Å². The maximum Gasteiger partial charge on any atom is 0.341 e. The van der Waals surface area contributed by atoms with Crippen LogP contribution in [0.25, 0.3) is 0 Å². The molecule has 2 aliphatic heterocycles. The molecule has 0 radical (unpaired) electrons. The Bertz CT molecular complexity index is 1470. The quantitative estimate of drug-likeness (QED) is 0.205. The molecule has 11 heteroatoms. The molecule has 0 unspecified atom stereocenters. The number of hydroxylamine groups is 1.